The molecule has 0 unspecified atom stereocenters. The quantitative estimate of drug-likeness (QED) is 0.875. The molecule has 0 heterocycles. The Kier molecular flexibility index (Phi) is 5.23. The Bertz CT molecular complexity index is 641. The van der Waals surface area contributed by atoms with Gasteiger partial charge in [0.25, 0.3) is 0 Å². The molecule has 3 N–H and O–H groups in total. The van der Waals surface area contributed by atoms with Crippen LogP contribution in [-0.4, -0.2) is 5.91 Å². The molecular formula is C16H16Cl2N2O. The van der Waals surface area contributed by atoms with Gasteiger partial charge in [-0.3, -0.25) is 4.79 Å². The Labute approximate surface area is 134 Å². The molecule has 5 heteroatoms. The second-order valence-electron chi connectivity index (χ2n) is 4.84. The molecule has 2 aromatic carbocycles. The Balaban J connectivity index is 1.98. The topological polar surface area (TPSA) is 55.1 Å². The summed E-state index contributed by atoms with van der Waals surface area (Å²) in [5, 5.41) is 4.49. The second-order valence-corrected chi connectivity index (χ2v) is 5.65. The first kappa shape index (κ1) is 15.8. The molecule has 0 fully saturated rings. The largest absolute Gasteiger partial charge is 0.366 e. The monoisotopic (exact) mass is 322 g/mol. The highest BCUT2D eigenvalue weighted by atomic mass is 35.5. The Morgan fingerprint density at radius 2 is 1.81 bits per heavy atom. The SMILES string of the molecule is C[C@@H](NCc1ccc(C(N)=O)cc1)c1ccc(Cl)c(Cl)c1. The Morgan fingerprint density at radius 3 is 2.38 bits per heavy atom. The molecule has 0 aliphatic heterocycles. The van der Waals surface area contributed by atoms with Crippen molar-refractivity contribution in [3.63, 3.8) is 0 Å². The third-order valence-electron chi connectivity index (χ3n) is 3.29. The maximum Gasteiger partial charge on any atom is 0.248 e. The summed E-state index contributed by atoms with van der Waals surface area (Å²) in [4.78, 5) is 11.0. The van der Waals surface area contributed by atoms with Crippen molar-refractivity contribution >= 4 is 29.1 Å². The minimum atomic E-state index is -0.418. The molecule has 2 aromatic rings. The smallest absolute Gasteiger partial charge is 0.248 e. The van der Waals surface area contributed by atoms with Gasteiger partial charge in [-0.05, 0) is 42.3 Å². The van der Waals surface area contributed by atoms with E-state index in [4.69, 9.17) is 28.9 Å². The first-order valence-electron chi connectivity index (χ1n) is 6.54. The van der Waals surface area contributed by atoms with E-state index in [9.17, 15) is 4.79 Å². The highest BCUT2D eigenvalue weighted by Gasteiger charge is 2.07. The number of primary amides is 1. The van der Waals surface area contributed by atoms with Crippen LogP contribution in [0.1, 0.15) is 34.5 Å². The number of carbonyl (C=O) groups excluding carboxylic acids is 1. The summed E-state index contributed by atoms with van der Waals surface area (Å²) in [6.07, 6.45) is 0. The number of nitrogens with two attached hydrogens (primary N) is 1. The minimum Gasteiger partial charge on any atom is -0.366 e. The molecule has 21 heavy (non-hydrogen) atoms. The summed E-state index contributed by atoms with van der Waals surface area (Å²) < 4.78 is 0. The van der Waals surface area contributed by atoms with Gasteiger partial charge in [0.15, 0.2) is 0 Å². The van der Waals surface area contributed by atoms with Crippen LogP contribution in [0.3, 0.4) is 0 Å². The van der Waals surface area contributed by atoms with Crippen molar-refractivity contribution in [1.29, 1.82) is 0 Å². The van der Waals surface area contributed by atoms with Crippen molar-refractivity contribution in [1.82, 2.24) is 5.32 Å². The first-order valence-corrected chi connectivity index (χ1v) is 7.30. The van der Waals surface area contributed by atoms with E-state index in [-0.39, 0.29) is 6.04 Å². The molecule has 0 aliphatic carbocycles. The van der Waals surface area contributed by atoms with Crippen LogP contribution in [0.25, 0.3) is 0 Å². The molecule has 0 aromatic heterocycles. The molecule has 0 aliphatic rings. The summed E-state index contributed by atoms with van der Waals surface area (Å²) in [6.45, 7) is 2.73. The molecule has 0 saturated carbocycles. The van der Waals surface area contributed by atoms with Crippen molar-refractivity contribution < 1.29 is 4.79 Å². The summed E-state index contributed by atoms with van der Waals surface area (Å²) in [5.74, 6) is -0.418. The zero-order chi connectivity index (χ0) is 15.4. The van der Waals surface area contributed by atoms with Crippen LogP contribution in [0.4, 0.5) is 0 Å². The fourth-order valence-corrected chi connectivity index (χ4v) is 2.26. The number of hydrogen-bond acceptors (Lipinski definition) is 2. The molecular weight excluding hydrogens is 307 g/mol. The van der Waals surface area contributed by atoms with Gasteiger partial charge in [-0.25, -0.2) is 0 Å². The van der Waals surface area contributed by atoms with Gasteiger partial charge in [0.05, 0.1) is 10.0 Å². The van der Waals surface area contributed by atoms with E-state index in [0.717, 1.165) is 11.1 Å². The highest BCUT2D eigenvalue weighted by molar-refractivity contribution is 6.42. The van der Waals surface area contributed by atoms with E-state index in [2.05, 4.69) is 12.2 Å². The van der Waals surface area contributed by atoms with E-state index in [1.54, 1.807) is 18.2 Å². The van der Waals surface area contributed by atoms with E-state index in [0.29, 0.717) is 22.2 Å². The van der Waals surface area contributed by atoms with Crippen LogP contribution in [0.15, 0.2) is 42.5 Å². The van der Waals surface area contributed by atoms with Crippen molar-refractivity contribution in [3.05, 3.63) is 69.2 Å². The molecule has 1 atom stereocenters. The number of benzene rings is 2. The highest BCUT2D eigenvalue weighted by Crippen LogP contribution is 2.25. The van der Waals surface area contributed by atoms with Gasteiger partial charge < -0.3 is 11.1 Å². The summed E-state index contributed by atoms with van der Waals surface area (Å²) >= 11 is 11.9. The van der Waals surface area contributed by atoms with Crippen molar-refractivity contribution in [2.24, 2.45) is 5.73 Å². The van der Waals surface area contributed by atoms with E-state index >= 15 is 0 Å². The van der Waals surface area contributed by atoms with E-state index in [1.807, 2.05) is 24.3 Å². The third kappa shape index (κ3) is 4.21. The van der Waals surface area contributed by atoms with E-state index in [1.165, 1.54) is 0 Å². The van der Waals surface area contributed by atoms with Crippen molar-refractivity contribution in [2.45, 2.75) is 19.5 Å². The number of nitrogens with one attached hydrogen (secondary N) is 1. The third-order valence-corrected chi connectivity index (χ3v) is 4.03. The predicted molar refractivity (Wildman–Crippen MR) is 86.7 cm³/mol. The van der Waals surface area contributed by atoms with Crippen LogP contribution in [0.5, 0.6) is 0 Å². The number of rotatable bonds is 5. The lowest BCUT2D eigenvalue weighted by molar-refractivity contribution is 0.100. The molecule has 0 bridgehead atoms. The van der Waals surface area contributed by atoms with Crippen LogP contribution < -0.4 is 11.1 Å². The fourth-order valence-electron chi connectivity index (χ4n) is 1.96. The maximum atomic E-state index is 11.0. The second kappa shape index (κ2) is 6.94. The minimum absolute atomic E-state index is 0.135. The summed E-state index contributed by atoms with van der Waals surface area (Å²) in [5.41, 5.74) is 7.86. The summed E-state index contributed by atoms with van der Waals surface area (Å²) in [7, 11) is 0. The van der Waals surface area contributed by atoms with Crippen LogP contribution in [0, 0.1) is 0 Å². The molecule has 2 rings (SSSR count). The lowest BCUT2D eigenvalue weighted by atomic mass is 10.1. The van der Waals surface area contributed by atoms with Crippen LogP contribution in [-0.2, 0) is 6.54 Å². The van der Waals surface area contributed by atoms with Crippen molar-refractivity contribution in [2.75, 3.05) is 0 Å². The molecule has 0 spiro atoms. The predicted octanol–water partition coefficient (Wildman–Crippen LogP) is 3.94. The number of halogens is 2. The molecule has 110 valence electrons. The molecule has 3 nitrogen and oxygen atoms in total. The normalized spacial score (nSPS) is 12.1. The molecule has 0 saturated heterocycles. The lowest BCUT2D eigenvalue weighted by Gasteiger charge is -2.15. The number of carbonyl (C=O) groups is 1. The van der Waals surface area contributed by atoms with Gasteiger partial charge in [0, 0.05) is 18.2 Å². The molecule has 0 radical (unpaired) electrons. The van der Waals surface area contributed by atoms with Gasteiger partial charge in [-0.2, -0.15) is 0 Å². The van der Waals surface area contributed by atoms with Crippen LogP contribution in [0.2, 0.25) is 10.0 Å². The zero-order valence-electron chi connectivity index (χ0n) is 11.6. The van der Waals surface area contributed by atoms with E-state index < -0.39 is 5.91 Å². The zero-order valence-corrected chi connectivity index (χ0v) is 13.1. The Morgan fingerprint density at radius 1 is 1.14 bits per heavy atom. The van der Waals surface area contributed by atoms with Gasteiger partial charge >= 0.3 is 0 Å². The van der Waals surface area contributed by atoms with Crippen LogP contribution >= 0.6 is 23.2 Å². The van der Waals surface area contributed by atoms with Gasteiger partial charge in [0.2, 0.25) is 5.91 Å². The van der Waals surface area contributed by atoms with Crippen molar-refractivity contribution in [3.8, 4) is 0 Å². The Hall–Kier alpha value is -1.55. The average molecular weight is 323 g/mol. The molecule has 1 amide bonds. The summed E-state index contributed by atoms with van der Waals surface area (Å²) in [6, 6.07) is 12.9. The number of amides is 1. The standard InChI is InChI=1S/C16H16Cl2N2O/c1-10(13-6-7-14(17)15(18)8-13)20-9-11-2-4-12(5-3-11)16(19)21/h2-8,10,20H,9H2,1H3,(H2,19,21)/t10-/m1/s1. The fraction of sp³-hybridized carbons (Fsp3) is 0.188. The van der Waals surface area contributed by atoms with Gasteiger partial charge in [0.1, 0.15) is 0 Å². The van der Waals surface area contributed by atoms with Gasteiger partial charge in [-0.15, -0.1) is 0 Å². The average Bonchev–Trinajstić information content (AvgIpc) is 2.48. The van der Waals surface area contributed by atoms with Gasteiger partial charge in [-0.1, -0.05) is 41.4 Å². The lowest BCUT2D eigenvalue weighted by Crippen LogP contribution is -2.18. The number of hydrogen-bond donors (Lipinski definition) is 2. The maximum absolute atomic E-state index is 11.0. The first-order chi connectivity index (χ1) is 9.97.